The molecule has 0 saturated heterocycles. The van der Waals surface area contributed by atoms with E-state index in [1.807, 2.05) is 12.1 Å². The Morgan fingerprint density at radius 3 is 1.25 bits per heavy atom. The fourth-order valence-corrected chi connectivity index (χ4v) is 5.20. The average Bonchev–Trinajstić information content (AvgIpc) is 3.55. The molecule has 2 aliphatic heterocycles. The first-order valence-electron chi connectivity index (χ1n) is 13.4. The van der Waals surface area contributed by atoms with Crippen LogP contribution < -0.4 is 0 Å². The Bertz CT molecular complexity index is 1820. The molecule has 0 fully saturated rings. The molecule has 0 radical (unpaired) electrons. The van der Waals surface area contributed by atoms with Gasteiger partial charge in [0, 0.05) is 22.3 Å². The van der Waals surface area contributed by atoms with Gasteiger partial charge >= 0.3 is 0 Å². The lowest BCUT2D eigenvalue weighted by Crippen LogP contribution is -2.49. The number of phenols is 2. The number of carbonyl (C=O) groups is 2. The number of hydrogen-bond donors (Lipinski definition) is 2. The van der Waals surface area contributed by atoms with E-state index in [1.165, 1.54) is 34.1 Å². The molecule has 2 heterocycles. The summed E-state index contributed by atoms with van der Waals surface area (Å²) in [5, 5.41) is 20.6. The molecule has 0 bridgehead atoms. The van der Waals surface area contributed by atoms with Gasteiger partial charge in [0.05, 0.1) is 0 Å². The maximum atomic E-state index is 13.9. The molecule has 0 unspecified atom stereocenters. The van der Waals surface area contributed by atoms with Crippen molar-refractivity contribution in [2.75, 3.05) is 0 Å². The van der Waals surface area contributed by atoms with E-state index in [0.29, 0.717) is 22.3 Å². The summed E-state index contributed by atoms with van der Waals surface area (Å²) in [6, 6.07) is 31.1. The highest BCUT2D eigenvalue weighted by molar-refractivity contribution is 7.89. The SMILES string of the molecule is O=C1/C(=C/c2ccccc2O)N=C(c2ccccc2)N1C(=S)C(=S)N1C(=O)/C(=C\c2ccccc2O)N=C1c1ccccc1. The summed E-state index contributed by atoms with van der Waals surface area (Å²) in [4.78, 5) is 39.1. The zero-order valence-corrected chi connectivity index (χ0v) is 24.5. The summed E-state index contributed by atoms with van der Waals surface area (Å²) in [6.45, 7) is 0. The molecule has 10 heteroatoms. The first-order chi connectivity index (χ1) is 21.3. The molecular formula is C34H22N4O4S2. The van der Waals surface area contributed by atoms with Crippen molar-refractivity contribution in [2.24, 2.45) is 9.98 Å². The number of benzene rings is 4. The Morgan fingerprint density at radius 1 is 0.545 bits per heavy atom. The quantitative estimate of drug-likeness (QED) is 0.225. The van der Waals surface area contributed by atoms with Crippen LogP contribution in [0.5, 0.6) is 11.5 Å². The predicted molar refractivity (Wildman–Crippen MR) is 177 cm³/mol. The Morgan fingerprint density at radius 2 is 0.886 bits per heavy atom. The van der Waals surface area contributed by atoms with Crippen molar-refractivity contribution in [3.63, 3.8) is 0 Å². The van der Waals surface area contributed by atoms with Crippen LogP contribution in [-0.2, 0) is 9.59 Å². The third-order valence-corrected chi connectivity index (χ3v) is 7.71. The van der Waals surface area contributed by atoms with Gasteiger partial charge in [-0.2, -0.15) is 0 Å². The van der Waals surface area contributed by atoms with E-state index in [0.717, 1.165) is 0 Å². The van der Waals surface area contributed by atoms with Crippen LogP contribution in [0.2, 0.25) is 0 Å². The van der Waals surface area contributed by atoms with E-state index in [9.17, 15) is 19.8 Å². The Hall–Kier alpha value is -5.58. The molecule has 2 aliphatic rings. The standard InChI is InChI=1S/C34H22N4O4S2/c39-27-17-9-7-15-23(27)19-25-31(41)37(29(35-25)21-11-3-1-4-12-21)33(43)34(44)38-30(22-13-5-2-6-14-22)36-26(32(38)42)20-24-16-8-10-18-28(24)40/h1-20,39-40H/b25-19-,26-20+. The molecule has 0 atom stereocenters. The highest BCUT2D eigenvalue weighted by Crippen LogP contribution is 2.29. The van der Waals surface area contributed by atoms with Crippen molar-refractivity contribution in [1.82, 2.24) is 9.80 Å². The van der Waals surface area contributed by atoms with Gasteiger partial charge in [-0.25, -0.2) is 19.8 Å². The Labute approximate surface area is 263 Å². The third-order valence-electron chi connectivity index (χ3n) is 6.83. The summed E-state index contributed by atoms with van der Waals surface area (Å²) in [7, 11) is 0. The minimum absolute atomic E-state index is 0.0176. The molecule has 0 saturated carbocycles. The van der Waals surface area contributed by atoms with Crippen LogP contribution in [0.15, 0.2) is 131 Å². The molecular weight excluding hydrogens is 593 g/mol. The number of nitrogens with zero attached hydrogens (tertiary/aromatic N) is 4. The van der Waals surface area contributed by atoms with Crippen LogP contribution in [0.4, 0.5) is 0 Å². The van der Waals surface area contributed by atoms with Crippen molar-refractivity contribution >= 4 is 70.1 Å². The lowest BCUT2D eigenvalue weighted by molar-refractivity contribution is -0.121. The molecule has 4 aromatic carbocycles. The highest BCUT2D eigenvalue weighted by atomic mass is 32.1. The van der Waals surface area contributed by atoms with Gasteiger partial charge in [-0.15, -0.1) is 0 Å². The first kappa shape index (κ1) is 28.5. The monoisotopic (exact) mass is 614 g/mol. The van der Waals surface area contributed by atoms with E-state index in [-0.39, 0.29) is 44.5 Å². The smallest absolute Gasteiger partial charge is 0.283 e. The number of rotatable bonds is 4. The predicted octanol–water partition coefficient (Wildman–Crippen LogP) is 5.71. The van der Waals surface area contributed by atoms with Gasteiger partial charge in [-0.1, -0.05) is 121 Å². The van der Waals surface area contributed by atoms with Crippen LogP contribution in [0.1, 0.15) is 22.3 Å². The zero-order valence-electron chi connectivity index (χ0n) is 22.9. The maximum Gasteiger partial charge on any atom is 0.283 e. The van der Waals surface area contributed by atoms with E-state index in [2.05, 4.69) is 9.98 Å². The van der Waals surface area contributed by atoms with Crippen LogP contribution in [0, 0.1) is 0 Å². The number of carbonyl (C=O) groups excluding carboxylic acids is 2. The number of amides is 2. The van der Waals surface area contributed by atoms with Crippen LogP contribution in [0.25, 0.3) is 12.2 Å². The summed E-state index contributed by atoms with van der Waals surface area (Å²) < 4.78 is 0. The van der Waals surface area contributed by atoms with Crippen molar-refractivity contribution in [3.05, 3.63) is 143 Å². The van der Waals surface area contributed by atoms with E-state index >= 15 is 0 Å². The van der Waals surface area contributed by atoms with Gasteiger partial charge in [-0.05, 0) is 24.3 Å². The highest BCUT2D eigenvalue weighted by Gasteiger charge is 2.41. The van der Waals surface area contributed by atoms with Gasteiger partial charge in [0.1, 0.15) is 34.6 Å². The minimum atomic E-state index is -0.575. The second-order valence-electron chi connectivity index (χ2n) is 9.67. The van der Waals surface area contributed by atoms with Crippen LogP contribution in [0.3, 0.4) is 0 Å². The largest absolute Gasteiger partial charge is 0.507 e. The molecule has 0 aliphatic carbocycles. The van der Waals surface area contributed by atoms with Crippen molar-refractivity contribution < 1.29 is 19.8 Å². The van der Waals surface area contributed by atoms with Crippen LogP contribution >= 0.6 is 24.4 Å². The zero-order chi connectivity index (χ0) is 30.8. The molecule has 0 spiro atoms. The fraction of sp³-hybridized carbons (Fsp3) is 0. The normalized spacial score (nSPS) is 16.5. The molecule has 214 valence electrons. The number of para-hydroxylation sites is 2. The average molecular weight is 615 g/mol. The maximum absolute atomic E-state index is 13.9. The number of aromatic hydroxyl groups is 2. The second-order valence-corrected chi connectivity index (χ2v) is 10.4. The third kappa shape index (κ3) is 5.35. The van der Waals surface area contributed by atoms with Crippen molar-refractivity contribution in [2.45, 2.75) is 0 Å². The molecule has 4 aromatic rings. The molecule has 2 N–H and O–H groups in total. The summed E-state index contributed by atoms with van der Waals surface area (Å²) in [6.07, 6.45) is 2.94. The van der Waals surface area contributed by atoms with E-state index in [1.54, 1.807) is 84.9 Å². The molecule has 44 heavy (non-hydrogen) atoms. The van der Waals surface area contributed by atoms with E-state index < -0.39 is 11.8 Å². The first-order valence-corrected chi connectivity index (χ1v) is 14.2. The van der Waals surface area contributed by atoms with Gasteiger partial charge < -0.3 is 10.2 Å². The lowest BCUT2D eigenvalue weighted by atomic mass is 10.1. The van der Waals surface area contributed by atoms with E-state index in [4.69, 9.17) is 24.4 Å². The number of phenolic OH excluding ortho intramolecular Hbond substituents is 2. The van der Waals surface area contributed by atoms with Gasteiger partial charge in [0.15, 0.2) is 9.98 Å². The Balaban J connectivity index is 1.41. The molecule has 0 aromatic heterocycles. The lowest BCUT2D eigenvalue weighted by Gasteiger charge is -2.25. The van der Waals surface area contributed by atoms with Crippen molar-refractivity contribution in [1.29, 1.82) is 0 Å². The number of thiocarbonyl (C=S) groups is 2. The molecule has 6 rings (SSSR count). The summed E-state index contributed by atoms with van der Waals surface area (Å²) >= 11 is 11.6. The topological polar surface area (TPSA) is 106 Å². The van der Waals surface area contributed by atoms with Gasteiger partial charge in [0.25, 0.3) is 11.8 Å². The molecule has 2 amide bonds. The second kappa shape index (κ2) is 12.0. The van der Waals surface area contributed by atoms with Gasteiger partial charge in [0.2, 0.25) is 0 Å². The van der Waals surface area contributed by atoms with Crippen LogP contribution in [-0.4, -0.2) is 53.5 Å². The van der Waals surface area contributed by atoms with Crippen molar-refractivity contribution in [3.8, 4) is 11.5 Å². The summed E-state index contributed by atoms with van der Waals surface area (Å²) in [5.41, 5.74) is 2.04. The van der Waals surface area contributed by atoms with Gasteiger partial charge in [-0.3, -0.25) is 9.59 Å². The number of amidine groups is 2. The number of hydrogen-bond acceptors (Lipinski definition) is 8. The molecule has 8 nitrogen and oxygen atoms in total. The fourth-order valence-electron chi connectivity index (χ4n) is 4.68. The summed E-state index contributed by atoms with van der Waals surface area (Å²) in [5.74, 6) is -0.741. The Kier molecular flexibility index (Phi) is 7.76. The number of aliphatic imine (C=N–C) groups is 2. The minimum Gasteiger partial charge on any atom is -0.507 e.